The third kappa shape index (κ3) is 4.85. The molecular formula is C21H18N2Ti. The molecule has 0 spiro atoms. The number of para-hydroxylation sites is 2. The fourth-order valence-electron chi connectivity index (χ4n) is 2.31. The molecule has 0 saturated heterocycles. The number of allylic oxidation sites excluding steroid dienone is 1. The minimum atomic E-state index is 0. The molecule has 0 N–H and O–H groups in total. The van der Waals surface area contributed by atoms with Crippen molar-refractivity contribution in [2.24, 2.45) is 0 Å². The summed E-state index contributed by atoms with van der Waals surface area (Å²) >= 11 is 0. The van der Waals surface area contributed by atoms with Crippen molar-refractivity contribution >= 4 is 11.4 Å². The molecule has 0 aliphatic rings. The van der Waals surface area contributed by atoms with Crippen LogP contribution in [-0.2, 0) is 21.7 Å². The van der Waals surface area contributed by atoms with Crippen molar-refractivity contribution < 1.29 is 21.7 Å². The minimum absolute atomic E-state index is 0. The second-order valence-corrected chi connectivity index (χ2v) is 5.16. The van der Waals surface area contributed by atoms with Gasteiger partial charge in [0.25, 0.3) is 0 Å². The Morgan fingerprint density at radius 1 is 0.708 bits per heavy atom. The van der Waals surface area contributed by atoms with Crippen LogP contribution in [0.3, 0.4) is 0 Å². The molecule has 3 heteroatoms. The Balaban J connectivity index is 0.00000208. The van der Waals surface area contributed by atoms with Gasteiger partial charge in [-0.1, -0.05) is 49.4 Å². The van der Waals surface area contributed by atoms with Gasteiger partial charge in [0.05, 0.1) is 0 Å². The van der Waals surface area contributed by atoms with E-state index >= 15 is 0 Å². The number of anilines is 2. The molecule has 0 bridgehead atoms. The van der Waals surface area contributed by atoms with Gasteiger partial charge in [-0.2, -0.15) is 23.8 Å². The number of hydrogen-bond donors (Lipinski definition) is 0. The van der Waals surface area contributed by atoms with Gasteiger partial charge in [0.15, 0.2) is 0 Å². The molecule has 24 heavy (non-hydrogen) atoms. The number of hydrogen-bond acceptors (Lipinski definition) is 1. The van der Waals surface area contributed by atoms with E-state index in [1.54, 1.807) is 0 Å². The summed E-state index contributed by atoms with van der Waals surface area (Å²) in [6.07, 6.45) is 3.32. The number of benzene rings is 3. The summed E-state index contributed by atoms with van der Waals surface area (Å²) in [5.41, 5.74) is 8.64. The molecule has 3 aromatic rings. The summed E-state index contributed by atoms with van der Waals surface area (Å²) in [5, 5.41) is 1.94. The van der Waals surface area contributed by atoms with Crippen LogP contribution < -0.4 is 5.01 Å². The average molecular weight is 346 g/mol. The van der Waals surface area contributed by atoms with Crippen LogP contribution in [0, 0.1) is 6.08 Å². The van der Waals surface area contributed by atoms with Gasteiger partial charge >= 0.3 is 21.7 Å². The fourth-order valence-corrected chi connectivity index (χ4v) is 2.31. The topological polar surface area (TPSA) is 17.3 Å². The van der Waals surface area contributed by atoms with Gasteiger partial charge in [-0.25, -0.2) is 5.70 Å². The van der Waals surface area contributed by atoms with Gasteiger partial charge in [-0.3, -0.25) is 0 Å². The van der Waals surface area contributed by atoms with E-state index in [0.717, 1.165) is 22.6 Å². The maximum atomic E-state index is 4.75. The molecule has 3 rings (SSSR count). The van der Waals surface area contributed by atoms with E-state index in [9.17, 15) is 0 Å². The van der Waals surface area contributed by atoms with E-state index in [0.29, 0.717) is 0 Å². The van der Waals surface area contributed by atoms with Crippen molar-refractivity contribution in [3.05, 3.63) is 114 Å². The van der Waals surface area contributed by atoms with Crippen LogP contribution in [0.5, 0.6) is 0 Å². The van der Waals surface area contributed by atoms with Gasteiger partial charge in [0, 0.05) is 11.4 Å². The summed E-state index contributed by atoms with van der Waals surface area (Å²) in [5.74, 6) is 0. The van der Waals surface area contributed by atoms with Crippen molar-refractivity contribution in [1.82, 2.24) is 0 Å². The average Bonchev–Trinajstić information content (AvgIpc) is 2.62. The van der Waals surface area contributed by atoms with Crippen molar-refractivity contribution in [3.8, 4) is 0 Å². The zero-order valence-electron chi connectivity index (χ0n) is 13.6. The fraction of sp³-hybridized carbons (Fsp3) is 0.0476. The van der Waals surface area contributed by atoms with E-state index in [1.807, 2.05) is 103 Å². The molecule has 0 atom stereocenters. The van der Waals surface area contributed by atoms with Crippen molar-refractivity contribution in [1.29, 1.82) is 0 Å². The van der Waals surface area contributed by atoms with E-state index in [2.05, 4.69) is 6.08 Å². The third-order valence-electron chi connectivity index (χ3n) is 3.35. The molecule has 0 unspecified atom stereocenters. The van der Waals surface area contributed by atoms with Crippen LogP contribution in [0.2, 0.25) is 0 Å². The van der Waals surface area contributed by atoms with E-state index in [-0.39, 0.29) is 21.7 Å². The molecule has 0 aliphatic heterocycles. The monoisotopic (exact) mass is 346 g/mol. The molecule has 0 saturated carbocycles. The van der Waals surface area contributed by atoms with E-state index < -0.39 is 0 Å². The third-order valence-corrected chi connectivity index (χ3v) is 3.35. The number of nitrogens with zero attached hydrogens (tertiary/aromatic N) is 2. The first kappa shape index (κ1) is 18.1. The minimum Gasteiger partial charge on any atom is -0.604 e. The molecule has 0 amide bonds. The van der Waals surface area contributed by atoms with Crippen molar-refractivity contribution in [2.75, 3.05) is 5.01 Å². The van der Waals surface area contributed by atoms with Crippen LogP contribution in [0.4, 0.5) is 11.4 Å². The van der Waals surface area contributed by atoms with Crippen molar-refractivity contribution in [3.63, 3.8) is 0 Å². The first-order chi connectivity index (χ1) is 11.3. The first-order valence-electron chi connectivity index (χ1n) is 7.60. The van der Waals surface area contributed by atoms with Crippen LogP contribution >= 0.6 is 0 Å². The van der Waals surface area contributed by atoms with Crippen LogP contribution in [0.1, 0.15) is 12.5 Å². The van der Waals surface area contributed by atoms with Crippen molar-refractivity contribution in [2.45, 2.75) is 6.92 Å². The Hall–Kier alpha value is -2.29. The van der Waals surface area contributed by atoms with Gasteiger partial charge in [-0.15, -0.1) is 12.1 Å². The van der Waals surface area contributed by atoms with E-state index in [4.69, 9.17) is 5.43 Å². The molecule has 116 valence electrons. The van der Waals surface area contributed by atoms with Gasteiger partial charge in [-0.05, 0) is 24.3 Å². The molecule has 2 nitrogen and oxygen atoms in total. The molecular weight excluding hydrogens is 328 g/mol. The molecule has 0 radical (unpaired) electrons. The Morgan fingerprint density at radius 3 is 1.58 bits per heavy atom. The molecule has 0 aliphatic carbocycles. The predicted molar refractivity (Wildman–Crippen MR) is 96.4 cm³/mol. The van der Waals surface area contributed by atoms with E-state index in [1.165, 1.54) is 0 Å². The summed E-state index contributed by atoms with van der Waals surface area (Å²) in [7, 11) is 0. The van der Waals surface area contributed by atoms with Gasteiger partial charge in [0.1, 0.15) is 0 Å². The molecule has 0 fully saturated rings. The van der Waals surface area contributed by atoms with Gasteiger partial charge < -0.3 is 10.4 Å². The normalized spacial score (nSPS) is 10.6. The summed E-state index contributed by atoms with van der Waals surface area (Å²) in [6, 6.07) is 30.3. The van der Waals surface area contributed by atoms with Crippen LogP contribution in [-0.4, -0.2) is 0 Å². The molecule has 0 heterocycles. The molecule has 0 aromatic heterocycles. The van der Waals surface area contributed by atoms with Crippen LogP contribution in [0.15, 0.2) is 96.7 Å². The maximum Gasteiger partial charge on any atom is 2.00 e. The first-order valence-corrected chi connectivity index (χ1v) is 7.60. The Kier molecular flexibility index (Phi) is 6.86. The SMILES string of the molecule is CC(=[C-]c1ccccc1)[N-]N(c1ccccc1)c1ccccc1.[Ti+2]. The zero-order chi connectivity index (χ0) is 15.9. The second kappa shape index (κ2) is 9.12. The molecule has 3 aromatic carbocycles. The standard InChI is InChI=1S/C21H18N2.Ti/c1-18(17-19-11-5-2-6-12-19)22-23(20-13-7-3-8-14-20)21-15-9-4-10-16-21;/h2-16H,1H3;/q-2;+2. The Morgan fingerprint density at radius 2 is 1.12 bits per heavy atom. The zero-order valence-corrected chi connectivity index (χ0v) is 15.1. The quantitative estimate of drug-likeness (QED) is 0.321. The summed E-state index contributed by atoms with van der Waals surface area (Å²) in [4.78, 5) is 0. The second-order valence-electron chi connectivity index (χ2n) is 5.16. The summed E-state index contributed by atoms with van der Waals surface area (Å²) in [6.45, 7) is 1.96. The van der Waals surface area contributed by atoms with Crippen LogP contribution in [0.25, 0.3) is 5.43 Å². The number of rotatable bonds is 5. The maximum absolute atomic E-state index is 4.75. The Labute approximate surface area is 158 Å². The largest absolute Gasteiger partial charge is 2.00 e. The predicted octanol–water partition coefficient (Wildman–Crippen LogP) is 5.87. The Bertz CT molecular complexity index is 716. The summed E-state index contributed by atoms with van der Waals surface area (Å²) < 4.78 is 0. The van der Waals surface area contributed by atoms with Gasteiger partial charge in [0.2, 0.25) is 0 Å². The smallest absolute Gasteiger partial charge is 0.604 e.